The molecule has 5 nitrogen and oxygen atoms in total. The minimum atomic E-state index is -0.387. The first-order valence-corrected chi connectivity index (χ1v) is 14.6. The first-order chi connectivity index (χ1) is 17.0. The van der Waals surface area contributed by atoms with Crippen molar-refractivity contribution in [1.29, 1.82) is 0 Å². The molecule has 6 heteroatoms. The molecular formula is C30H45NO4S. The summed E-state index contributed by atoms with van der Waals surface area (Å²) in [7, 11) is 0. The van der Waals surface area contributed by atoms with Gasteiger partial charge in [-0.25, -0.2) is 0 Å². The molecule has 0 heterocycles. The molecule has 0 radical (unpaired) electrons. The number of hydrogen-bond acceptors (Lipinski definition) is 5. The molecule has 5 rings (SSSR count). The van der Waals surface area contributed by atoms with Crippen molar-refractivity contribution >= 4 is 24.2 Å². The molecule has 0 spiro atoms. The highest BCUT2D eigenvalue weighted by Gasteiger charge is 2.65. The number of nitrogens with one attached hydrogen (secondary N) is 1. The summed E-state index contributed by atoms with van der Waals surface area (Å²) in [6.45, 7) is 6.90. The summed E-state index contributed by atoms with van der Waals surface area (Å²) in [5, 5.41) is 36.4. The van der Waals surface area contributed by atoms with Crippen molar-refractivity contribution in [1.82, 2.24) is 0 Å². The van der Waals surface area contributed by atoms with E-state index in [-0.39, 0.29) is 41.0 Å². The number of benzene rings is 1. The average molecular weight is 516 g/mol. The maximum absolute atomic E-state index is 12.6. The van der Waals surface area contributed by atoms with Crippen LogP contribution in [0, 0.1) is 46.3 Å². The summed E-state index contributed by atoms with van der Waals surface area (Å²) in [5.74, 6) is 1.89. The van der Waals surface area contributed by atoms with Crippen molar-refractivity contribution in [3.63, 3.8) is 0 Å². The maximum atomic E-state index is 12.6. The Morgan fingerprint density at radius 3 is 2.50 bits per heavy atom. The monoisotopic (exact) mass is 515 g/mol. The molecule has 4 aliphatic carbocycles. The predicted molar refractivity (Wildman–Crippen MR) is 145 cm³/mol. The zero-order valence-corrected chi connectivity index (χ0v) is 23.0. The number of carbonyl (C=O) groups excluding carboxylic acids is 1. The third-order valence-electron chi connectivity index (χ3n) is 11.5. The first kappa shape index (κ1) is 26.5. The lowest BCUT2D eigenvalue weighted by Crippen LogP contribution is -2.62. The largest absolute Gasteiger partial charge is 0.393 e. The van der Waals surface area contributed by atoms with Crippen molar-refractivity contribution < 1.29 is 20.1 Å². The van der Waals surface area contributed by atoms with Crippen molar-refractivity contribution in [2.24, 2.45) is 46.3 Å². The van der Waals surface area contributed by atoms with Gasteiger partial charge in [0.2, 0.25) is 5.91 Å². The summed E-state index contributed by atoms with van der Waals surface area (Å²) >= 11 is 4.30. The second kappa shape index (κ2) is 9.91. The molecule has 4 N–H and O–H groups in total. The Kier molecular flexibility index (Phi) is 7.30. The van der Waals surface area contributed by atoms with Gasteiger partial charge in [-0.2, -0.15) is 0 Å². The Morgan fingerprint density at radius 2 is 1.78 bits per heavy atom. The fourth-order valence-corrected chi connectivity index (χ4v) is 9.61. The van der Waals surface area contributed by atoms with Crippen LogP contribution in [0.1, 0.15) is 78.6 Å². The van der Waals surface area contributed by atoms with Crippen molar-refractivity contribution in [2.75, 3.05) is 5.32 Å². The van der Waals surface area contributed by atoms with Gasteiger partial charge in [0.15, 0.2) is 0 Å². The van der Waals surface area contributed by atoms with E-state index in [1.54, 1.807) is 0 Å². The zero-order chi connectivity index (χ0) is 25.8. The fourth-order valence-electron chi connectivity index (χ4n) is 9.46. The number of thiol groups is 1. The molecule has 200 valence electrons. The molecule has 4 fully saturated rings. The highest BCUT2D eigenvalue weighted by molar-refractivity contribution is 7.80. The zero-order valence-electron chi connectivity index (χ0n) is 22.1. The Morgan fingerprint density at radius 1 is 1.06 bits per heavy atom. The van der Waals surface area contributed by atoms with E-state index in [1.807, 2.05) is 24.3 Å². The van der Waals surface area contributed by atoms with E-state index < -0.39 is 0 Å². The van der Waals surface area contributed by atoms with E-state index in [1.165, 1.54) is 0 Å². The molecule has 0 bridgehead atoms. The van der Waals surface area contributed by atoms with Gasteiger partial charge in [0.05, 0.1) is 18.3 Å². The van der Waals surface area contributed by atoms with Crippen LogP contribution in [0.4, 0.5) is 5.69 Å². The lowest BCUT2D eigenvalue weighted by molar-refractivity contribution is -0.207. The van der Waals surface area contributed by atoms with Crippen LogP contribution in [0.15, 0.2) is 29.2 Å². The van der Waals surface area contributed by atoms with Gasteiger partial charge in [0.1, 0.15) is 0 Å². The highest BCUT2D eigenvalue weighted by Crippen LogP contribution is 2.68. The smallest absolute Gasteiger partial charge is 0.224 e. The van der Waals surface area contributed by atoms with E-state index in [4.69, 9.17) is 0 Å². The van der Waals surface area contributed by atoms with Crippen molar-refractivity contribution in [2.45, 2.75) is 102 Å². The van der Waals surface area contributed by atoms with Gasteiger partial charge in [0, 0.05) is 17.0 Å². The van der Waals surface area contributed by atoms with Crippen molar-refractivity contribution in [3.8, 4) is 0 Å². The third-order valence-corrected chi connectivity index (χ3v) is 11.8. The topological polar surface area (TPSA) is 89.8 Å². The molecule has 1 amide bonds. The number of anilines is 1. The fraction of sp³-hybridized carbons (Fsp3) is 0.767. The Labute approximate surface area is 221 Å². The van der Waals surface area contributed by atoms with Gasteiger partial charge in [-0.15, -0.1) is 12.6 Å². The number of fused-ring (bicyclic) bond motifs is 5. The molecule has 1 aromatic rings. The summed E-state index contributed by atoms with van der Waals surface area (Å²) < 4.78 is 0. The van der Waals surface area contributed by atoms with Crippen LogP contribution >= 0.6 is 12.6 Å². The number of aliphatic hydroxyl groups excluding tert-OH is 3. The van der Waals surface area contributed by atoms with Crippen LogP contribution in [0.5, 0.6) is 0 Å². The lowest BCUT2D eigenvalue weighted by atomic mass is 9.43. The molecule has 0 aliphatic heterocycles. The number of amides is 1. The number of aliphatic hydroxyl groups is 3. The molecule has 11 atom stereocenters. The molecular weight excluding hydrogens is 470 g/mol. The number of rotatable bonds is 5. The average Bonchev–Trinajstić information content (AvgIpc) is 3.19. The molecule has 1 aromatic carbocycles. The van der Waals surface area contributed by atoms with Gasteiger partial charge in [-0.1, -0.05) is 20.8 Å². The Balaban J connectivity index is 1.27. The van der Waals surface area contributed by atoms with Crippen LogP contribution < -0.4 is 5.32 Å². The second-order valence-electron chi connectivity index (χ2n) is 13.1. The van der Waals surface area contributed by atoms with Crippen LogP contribution in [0.25, 0.3) is 0 Å². The molecule has 0 saturated heterocycles. The standard InChI is InChI=1S/C30H45NO4S/c1-17(4-11-27(35)31-19-5-7-21(36)8-6-19)22-9-10-23-28-24(16-26(34)30(22,23)3)29(2)13-12-20(32)14-18(29)15-25(28)33/h5-8,17-18,20,22-26,28,32-34,36H,4,9-16H2,1-3H3,(H,31,35)/t17?,18?,20-,22-,23?,24?,25-,26+,28?,29+,30-/m1/s1. The summed E-state index contributed by atoms with van der Waals surface area (Å²) in [6, 6.07) is 7.48. The van der Waals surface area contributed by atoms with Crippen molar-refractivity contribution in [3.05, 3.63) is 24.3 Å². The Hall–Kier alpha value is -1.08. The van der Waals surface area contributed by atoms with Crippen LogP contribution in [-0.4, -0.2) is 39.5 Å². The minimum absolute atomic E-state index is 0.0267. The molecule has 0 aromatic heterocycles. The number of hydrogen-bond donors (Lipinski definition) is 5. The first-order valence-electron chi connectivity index (χ1n) is 14.2. The SMILES string of the molecule is CC(CCC(=O)Nc1ccc(S)cc1)[C@H]1CCC2C3C(C[C@H](O)[C@@]21C)[C@@]1(C)CC[C@@H](O)CC1C[C@H]3O. The van der Waals surface area contributed by atoms with Crippen LogP contribution in [0.3, 0.4) is 0 Å². The van der Waals surface area contributed by atoms with E-state index in [2.05, 4.69) is 38.7 Å². The Bertz CT molecular complexity index is 955. The lowest BCUT2D eigenvalue weighted by Gasteiger charge is -2.63. The minimum Gasteiger partial charge on any atom is -0.393 e. The summed E-state index contributed by atoms with van der Waals surface area (Å²) in [4.78, 5) is 13.5. The van der Waals surface area contributed by atoms with Gasteiger partial charge in [-0.05, 0) is 122 Å². The van der Waals surface area contributed by atoms with Gasteiger partial charge < -0.3 is 20.6 Å². The van der Waals surface area contributed by atoms with E-state index >= 15 is 0 Å². The molecule has 5 unspecified atom stereocenters. The molecule has 36 heavy (non-hydrogen) atoms. The summed E-state index contributed by atoms with van der Waals surface area (Å²) in [5.41, 5.74) is 0.663. The normalized spacial score (nSPS) is 44.8. The third kappa shape index (κ3) is 4.44. The van der Waals surface area contributed by atoms with Gasteiger partial charge in [0.25, 0.3) is 0 Å². The number of carbonyl (C=O) groups is 1. The van der Waals surface area contributed by atoms with E-state index in [0.717, 1.165) is 61.9 Å². The second-order valence-corrected chi connectivity index (χ2v) is 13.7. The van der Waals surface area contributed by atoms with E-state index in [0.29, 0.717) is 36.0 Å². The van der Waals surface area contributed by atoms with E-state index in [9.17, 15) is 20.1 Å². The summed E-state index contributed by atoms with van der Waals surface area (Å²) in [6.07, 6.45) is 6.54. The highest BCUT2D eigenvalue weighted by atomic mass is 32.1. The predicted octanol–water partition coefficient (Wildman–Crippen LogP) is 5.29. The van der Waals surface area contributed by atoms with Crippen LogP contribution in [-0.2, 0) is 4.79 Å². The van der Waals surface area contributed by atoms with Gasteiger partial charge in [-0.3, -0.25) is 4.79 Å². The van der Waals surface area contributed by atoms with Crippen LogP contribution in [0.2, 0.25) is 0 Å². The quantitative estimate of drug-likeness (QED) is 0.345. The van der Waals surface area contributed by atoms with Gasteiger partial charge >= 0.3 is 0 Å². The maximum Gasteiger partial charge on any atom is 0.224 e. The molecule has 4 saturated carbocycles. The molecule has 4 aliphatic rings.